The number of hydrogen-bond acceptors (Lipinski definition) is 5. The molecule has 0 bridgehead atoms. The fourth-order valence-corrected chi connectivity index (χ4v) is 4.04. The highest BCUT2D eigenvalue weighted by molar-refractivity contribution is 7.09. The lowest BCUT2D eigenvalue weighted by Crippen LogP contribution is -2.16. The molecule has 0 radical (unpaired) electrons. The molecule has 1 aromatic heterocycles. The number of carboxylic acid groups (broad SMARTS) is 2. The topological polar surface area (TPSA) is 105 Å². The molecular weight excluding hydrogens is 397 g/mol. The van der Waals surface area contributed by atoms with Crippen LogP contribution in [0.15, 0.2) is 29.6 Å². The zero-order chi connectivity index (χ0) is 21.5. The van der Waals surface area contributed by atoms with E-state index >= 15 is 0 Å². The van der Waals surface area contributed by atoms with Crippen molar-refractivity contribution in [2.24, 2.45) is 0 Å². The molecule has 0 amide bonds. The summed E-state index contributed by atoms with van der Waals surface area (Å²) in [4.78, 5) is 41.1. The van der Waals surface area contributed by atoms with Crippen LogP contribution in [-0.4, -0.2) is 32.9 Å². The van der Waals surface area contributed by atoms with Crippen molar-refractivity contribution in [2.75, 3.05) is 0 Å². The maximum Gasteiger partial charge on any atom is 0.337 e. The lowest BCUT2D eigenvalue weighted by Gasteiger charge is -2.20. The normalized spacial score (nSPS) is 10.8. The third-order valence-corrected chi connectivity index (χ3v) is 5.31. The molecule has 8 heteroatoms. The van der Waals surface area contributed by atoms with Gasteiger partial charge in [-0.2, -0.15) is 0 Å². The van der Waals surface area contributed by atoms with E-state index in [0.717, 1.165) is 12.1 Å². The Morgan fingerprint density at radius 2 is 1.52 bits per heavy atom. The summed E-state index contributed by atoms with van der Waals surface area (Å²) in [5, 5.41) is 22.1. The first-order valence-corrected chi connectivity index (χ1v) is 9.38. The second-order valence-electron chi connectivity index (χ2n) is 6.43. The van der Waals surface area contributed by atoms with E-state index in [1.54, 1.807) is 12.3 Å². The molecule has 0 fully saturated rings. The molecule has 0 atom stereocenters. The van der Waals surface area contributed by atoms with Crippen LogP contribution in [-0.2, 0) is 0 Å². The van der Waals surface area contributed by atoms with Crippen LogP contribution in [0.25, 0.3) is 22.4 Å². The van der Waals surface area contributed by atoms with Crippen LogP contribution in [0.5, 0.6) is 0 Å². The number of aromatic nitrogens is 1. The van der Waals surface area contributed by atoms with Gasteiger partial charge in [0.15, 0.2) is 5.78 Å². The largest absolute Gasteiger partial charge is 0.478 e. The fraction of sp³-hybridized carbons (Fsp3) is 0.143. The Kier molecular flexibility index (Phi) is 5.30. The summed E-state index contributed by atoms with van der Waals surface area (Å²) in [6.45, 7) is 4.41. The van der Waals surface area contributed by atoms with Crippen molar-refractivity contribution in [1.29, 1.82) is 0 Å². The number of carboxylic acids is 2. The van der Waals surface area contributed by atoms with Gasteiger partial charge in [-0.05, 0) is 44.0 Å². The van der Waals surface area contributed by atoms with E-state index in [-0.39, 0.29) is 39.1 Å². The van der Waals surface area contributed by atoms with Gasteiger partial charge in [0.05, 0.1) is 21.8 Å². The highest BCUT2D eigenvalue weighted by atomic mass is 32.1. The number of rotatable bonds is 5. The molecule has 0 aliphatic heterocycles. The smallest absolute Gasteiger partial charge is 0.337 e. The Bertz CT molecular complexity index is 1160. The molecule has 0 aliphatic carbocycles. The molecule has 0 unspecified atom stereocenters. The predicted molar refractivity (Wildman–Crippen MR) is 106 cm³/mol. The number of hydrogen-bond donors (Lipinski definition) is 2. The maximum absolute atomic E-state index is 13.4. The molecule has 3 aromatic rings. The number of Topliss-reactive ketones (excluding diaryl/α,β-unsaturated/α-hetero) is 1. The van der Waals surface area contributed by atoms with Crippen molar-refractivity contribution in [3.8, 4) is 22.4 Å². The molecule has 3 rings (SSSR count). The maximum atomic E-state index is 13.4. The van der Waals surface area contributed by atoms with E-state index in [9.17, 15) is 29.0 Å². The number of halogens is 1. The van der Waals surface area contributed by atoms with Crippen LogP contribution >= 0.6 is 11.3 Å². The summed E-state index contributed by atoms with van der Waals surface area (Å²) in [5.41, 5.74) is -0.0635. The minimum absolute atomic E-state index is 0.0258. The van der Waals surface area contributed by atoms with Gasteiger partial charge in [0, 0.05) is 22.1 Å². The minimum Gasteiger partial charge on any atom is -0.478 e. The summed E-state index contributed by atoms with van der Waals surface area (Å²) in [5.74, 6) is -3.79. The Morgan fingerprint density at radius 3 is 1.97 bits per heavy atom. The van der Waals surface area contributed by atoms with E-state index < -0.39 is 23.5 Å². The number of benzene rings is 2. The van der Waals surface area contributed by atoms with Gasteiger partial charge in [-0.1, -0.05) is 12.1 Å². The second-order valence-corrected chi connectivity index (χ2v) is 7.49. The SMILES string of the molecule is CC(=O)c1c(C)c(C(=O)O)c(-c2csc(C)n2)c(C(=O)O)c1-c1ccc(F)cc1. The van der Waals surface area contributed by atoms with Gasteiger partial charge < -0.3 is 10.2 Å². The Morgan fingerprint density at radius 1 is 0.931 bits per heavy atom. The van der Waals surface area contributed by atoms with Crippen LogP contribution in [0.4, 0.5) is 4.39 Å². The summed E-state index contributed by atoms with van der Waals surface area (Å²) in [7, 11) is 0. The highest BCUT2D eigenvalue weighted by Crippen LogP contribution is 2.41. The Hall–Kier alpha value is -3.39. The number of nitrogens with zero attached hydrogens (tertiary/aromatic N) is 1. The number of aromatic carboxylic acids is 2. The molecule has 2 N–H and O–H groups in total. The highest BCUT2D eigenvalue weighted by Gasteiger charge is 2.32. The zero-order valence-electron chi connectivity index (χ0n) is 15.7. The summed E-state index contributed by atoms with van der Waals surface area (Å²) < 4.78 is 13.4. The summed E-state index contributed by atoms with van der Waals surface area (Å²) >= 11 is 1.25. The number of ketones is 1. The molecule has 0 aliphatic rings. The van der Waals surface area contributed by atoms with Crippen LogP contribution in [0.2, 0.25) is 0 Å². The molecule has 2 aromatic carbocycles. The first-order chi connectivity index (χ1) is 13.6. The standard InChI is InChI=1S/C21H16FNO5S/c1-9-15(10(2)24)17(12-4-6-13(22)7-5-12)19(21(27)28)18(16(9)20(25)26)14-8-29-11(3)23-14/h4-8H,1-3H3,(H,25,26)(H,27,28). The van der Waals surface area contributed by atoms with E-state index in [4.69, 9.17) is 0 Å². The van der Waals surface area contributed by atoms with E-state index in [1.807, 2.05) is 0 Å². The van der Waals surface area contributed by atoms with Gasteiger partial charge in [0.25, 0.3) is 0 Å². The van der Waals surface area contributed by atoms with Crippen LogP contribution in [0.3, 0.4) is 0 Å². The molecular formula is C21H16FNO5S. The zero-order valence-corrected chi connectivity index (χ0v) is 16.6. The Balaban J connectivity index is 2.61. The number of thiazole rings is 1. The van der Waals surface area contributed by atoms with Gasteiger partial charge in [-0.15, -0.1) is 11.3 Å². The van der Waals surface area contributed by atoms with Crippen LogP contribution < -0.4 is 0 Å². The monoisotopic (exact) mass is 413 g/mol. The lowest BCUT2D eigenvalue weighted by molar-refractivity contribution is 0.0695. The second kappa shape index (κ2) is 7.56. The third-order valence-electron chi connectivity index (χ3n) is 4.54. The minimum atomic E-state index is -1.41. The van der Waals surface area contributed by atoms with Crippen molar-refractivity contribution >= 4 is 29.1 Å². The fourth-order valence-electron chi connectivity index (χ4n) is 3.44. The molecule has 1 heterocycles. The van der Waals surface area contributed by atoms with Gasteiger partial charge in [-0.25, -0.2) is 19.0 Å². The number of carbonyl (C=O) groups is 3. The molecule has 0 saturated heterocycles. The van der Waals surface area contributed by atoms with E-state index in [2.05, 4.69) is 4.98 Å². The van der Waals surface area contributed by atoms with Crippen molar-refractivity contribution in [3.63, 3.8) is 0 Å². The van der Waals surface area contributed by atoms with Crippen molar-refractivity contribution in [2.45, 2.75) is 20.8 Å². The molecule has 148 valence electrons. The first kappa shape index (κ1) is 20.3. The van der Waals surface area contributed by atoms with Crippen LogP contribution in [0, 0.1) is 19.7 Å². The van der Waals surface area contributed by atoms with Crippen molar-refractivity contribution < 1.29 is 29.0 Å². The average molecular weight is 413 g/mol. The van der Waals surface area contributed by atoms with Crippen LogP contribution in [0.1, 0.15) is 48.6 Å². The molecule has 0 spiro atoms. The lowest BCUT2D eigenvalue weighted by atomic mass is 9.82. The van der Waals surface area contributed by atoms with Crippen molar-refractivity contribution in [3.05, 3.63) is 62.7 Å². The van der Waals surface area contributed by atoms with E-state index in [1.165, 1.54) is 37.3 Å². The molecule has 6 nitrogen and oxygen atoms in total. The molecule has 0 saturated carbocycles. The molecule has 29 heavy (non-hydrogen) atoms. The van der Waals surface area contributed by atoms with E-state index in [0.29, 0.717) is 10.6 Å². The predicted octanol–water partition coefficient (Wildman–Crippen LogP) is 4.83. The van der Waals surface area contributed by atoms with Gasteiger partial charge in [-0.3, -0.25) is 4.79 Å². The third kappa shape index (κ3) is 3.54. The quantitative estimate of drug-likeness (QED) is 0.581. The van der Waals surface area contributed by atoms with Gasteiger partial charge >= 0.3 is 11.9 Å². The number of carbonyl (C=O) groups excluding carboxylic acids is 1. The van der Waals surface area contributed by atoms with Crippen molar-refractivity contribution in [1.82, 2.24) is 4.98 Å². The number of aryl methyl sites for hydroxylation is 1. The average Bonchev–Trinajstić information content (AvgIpc) is 3.06. The summed E-state index contributed by atoms with van der Waals surface area (Å²) in [6.07, 6.45) is 0. The Labute approximate surface area is 169 Å². The van der Waals surface area contributed by atoms with Gasteiger partial charge in [0.1, 0.15) is 5.82 Å². The van der Waals surface area contributed by atoms with Gasteiger partial charge in [0.2, 0.25) is 0 Å². The summed E-state index contributed by atoms with van der Waals surface area (Å²) in [6, 6.07) is 5.02. The first-order valence-electron chi connectivity index (χ1n) is 8.50.